The van der Waals surface area contributed by atoms with Crippen molar-refractivity contribution in [2.45, 2.75) is 13.0 Å². The van der Waals surface area contributed by atoms with Gasteiger partial charge in [0.2, 0.25) is 5.76 Å². The van der Waals surface area contributed by atoms with Gasteiger partial charge >= 0.3 is 0 Å². The van der Waals surface area contributed by atoms with Gasteiger partial charge in [-0.15, -0.1) is 0 Å². The smallest absolute Gasteiger partial charge is 0.291 e. The van der Waals surface area contributed by atoms with Crippen molar-refractivity contribution in [3.63, 3.8) is 0 Å². The van der Waals surface area contributed by atoms with E-state index in [2.05, 4.69) is 4.98 Å². The number of aryl methyl sites for hydroxylation is 1. The summed E-state index contributed by atoms with van der Waals surface area (Å²) in [5.74, 6) is 0.162. The first-order chi connectivity index (χ1) is 7.72. The minimum atomic E-state index is -0.142. The Balaban J connectivity index is 2.07. The van der Waals surface area contributed by atoms with Gasteiger partial charge in [-0.3, -0.25) is 4.79 Å². The summed E-state index contributed by atoms with van der Waals surface area (Å²) in [6.45, 7) is 3.75. The van der Waals surface area contributed by atoms with E-state index in [4.69, 9.17) is 14.9 Å². The van der Waals surface area contributed by atoms with Crippen molar-refractivity contribution >= 4 is 5.91 Å². The van der Waals surface area contributed by atoms with Gasteiger partial charge in [-0.05, 0) is 6.92 Å². The molecule has 0 saturated carbocycles. The van der Waals surface area contributed by atoms with Gasteiger partial charge in [0.15, 0.2) is 6.39 Å². The number of carbonyl (C=O) groups is 1. The maximum Gasteiger partial charge on any atom is 0.291 e. The Labute approximate surface area is 93.4 Å². The molecule has 6 nitrogen and oxygen atoms in total. The van der Waals surface area contributed by atoms with Gasteiger partial charge in [0, 0.05) is 19.6 Å². The van der Waals surface area contributed by atoms with Crippen LogP contribution < -0.4 is 5.73 Å². The Morgan fingerprint density at radius 1 is 1.75 bits per heavy atom. The lowest BCUT2D eigenvalue weighted by Crippen LogP contribution is -2.48. The summed E-state index contributed by atoms with van der Waals surface area (Å²) < 4.78 is 10.5. The summed E-state index contributed by atoms with van der Waals surface area (Å²) in [4.78, 5) is 17.6. The molecule has 1 amide bonds. The van der Waals surface area contributed by atoms with Crippen LogP contribution in [0, 0.1) is 6.92 Å². The zero-order valence-electron chi connectivity index (χ0n) is 9.18. The molecule has 1 saturated heterocycles. The van der Waals surface area contributed by atoms with Gasteiger partial charge < -0.3 is 19.8 Å². The Bertz CT molecular complexity index is 377. The summed E-state index contributed by atoms with van der Waals surface area (Å²) in [6.07, 6.45) is 1.20. The highest BCUT2D eigenvalue weighted by molar-refractivity contribution is 5.92. The molecule has 0 radical (unpaired) electrons. The van der Waals surface area contributed by atoms with Crippen molar-refractivity contribution in [2.75, 3.05) is 26.2 Å². The molecule has 1 aliphatic heterocycles. The van der Waals surface area contributed by atoms with Crippen LogP contribution in [0.3, 0.4) is 0 Å². The number of nitrogens with two attached hydrogens (primary N) is 1. The molecule has 0 aromatic carbocycles. The fourth-order valence-electron chi connectivity index (χ4n) is 1.70. The van der Waals surface area contributed by atoms with Gasteiger partial charge in [-0.2, -0.15) is 0 Å². The fourth-order valence-corrected chi connectivity index (χ4v) is 1.70. The lowest BCUT2D eigenvalue weighted by molar-refractivity contribution is -0.0178. The van der Waals surface area contributed by atoms with Gasteiger partial charge in [0.05, 0.1) is 18.4 Å². The van der Waals surface area contributed by atoms with Crippen LogP contribution in [0.25, 0.3) is 0 Å². The van der Waals surface area contributed by atoms with E-state index in [-0.39, 0.29) is 12.0 Å². The van der Waals surface area contributed by atoms with Crippen molar-refractivity contribution < 1.29 is 13.9 Å². The molecule has 0 bridgehead atoms. The average molecular weight is 225 g/mol. The summed E-state index contributed by atoms with van der Waals surface area (Å²) in [7, 11) is 0. The third-order valence-electron chi connectivity index (χ3n) is 2.63. The summed E-state index contributed by atoms with van der Waals surface area (Å²) in [6, 6.07) is 0. The molecular weight excluding hydrogens is 210 g/mol. The fraction of sp³-hybridized carbons (Fsp3) is 0.600. The molecule has 0 aliphatic carbocycles. The van der Waals surface area contributed by atoms with E-state index in [0.717, 1.165) is 0 Å². The molecule has 1 atom stereocenters. The third-order valence-corrected chi connectivity index (χ3v) is 2.63. The zero-order valence-corrected chi connectivity index (χ0v) is 9.18. The van der Waals surface area contributed by atoms with E-state index >= 15 is 0 Å². The van der Waals surface area contributed by atoms with E-state index < -0.39 is 0 Å². The zero-order chi connectivity index (χ0) is 11.5. The molecule has 1 aromatic heterocycles. The summed E-state index contributed by atoms with van der Waals surface area (Å²) in [5, 5.41) is 0. The molecule has 16 heavy (non-hydrogen) atoms. The first-order valence-electron chi connectivity index (χ1n) is 5.23. The number of carbonyl (C=O) groups excluding carboxylic acids is 1. The molecule has 1 fully saturated rings. The highest BCUT2D eigenvalue weighted by Crippen LogP contribution is 2.12. The van der Waals surface area contributed by atoms with Crippen molar-refractivity contribution in [1.82, 2.24) is 9.88 Å². The second-order valence-electron chi connectivity index (χ2n) is 3.75. The van der Waals surface area contributed by atoms with Crippen molar-refractivity contribution in [1.29, 1.82) is 0 Å². The molecule has 88 valence electrons. The van der Waals surface area contributed by atoms with Crippen LogP contribution in [0.4, 0.5) is 0 Å². The Morgan fingerprint density at radius 3 is 3.19 bits per heavy atom. The number of amides is 1. The lowest BCUT2D eigenvalue weighted by Gasteiger charge is -2.31. The number of rotatable bonds is 2. The highest BCUT2D eigenvalue weighted by Gasteiger charge is 2.27. The third kappa shape index (κ3) is 2.07. The standard InChI is InChI=1S/C10H15N3O3/c1-7-9(16-6-12-7)10(14)13-2-3-15-8(4-11)5-13/h6,8H,2-5,11H2,1H3. The van der Waals surface area contributed by atoms with E-state index in [1.807, 2.05) is 0 Å². The Hall–Kier alpha value is -1.40. The first-order valence-corrected chi connectivity index (χ1v) is 5.23. The number of oxazole rings is 1. The quantitative estimate of drug-likeness (QED) is 0.752. The number of ether oxygens (including phenoxy) is 1. The molecule has 2 N–H and O–H groups in total. The number of nitrogens with zero attached hydrogens (tertiary/aromatic N) is 2. The lowest BCUT2D eigenvalue weighted by atomic mass is 10.2. The van der Waals surface area contributed by atoms with Gasteiger partial charge in [-0.25, -0.2) is 4.98 Å². The Morgan fingerprint density at radius 2 is 2.56 bits per heavy atom. The number of morpholine rings is 1. The molecule has 2 heterocycles. The SMILES string of the molecule is Cc1ncoc1C(=O)N1CCOC(CN)C1. The van der Waals surface area contributed by atoms with Crippen LogP contribution in [0.2, 0.25) is 0 Å². The van der Waals surface area contributed by atoms with E-state index in [9.17, 15) is 4.79 Å². The topological polar surface area (TPSA) is 81.6 Å². The number of hydrogen-bond donors (Lipinski definition) is 1. The van der Waals surface area contributed by atoms with Crippen LogP contribution >= 0.6 is 0 Å². The molecule has 0 spiro atoms. The normalized spacial score (nSPS) is 21.1. The monoisotopic (exact) mass is 225 g/mol. The van der Waals surface area contributed by atoms with Crippen LogP contribution in [0.5, 0.6) is 0 Å². The van der Waals surface area contributed by atoms with Crippen molar-refractivity contribution in [2.24, 2.45) is 5.73 Å². The van der Waals surface area contributed by atoms with Crippen molar-refractivity contribution in [3.05, 3.63) is 17.8 Å². The molecule has 6 heteroatoms. The largest absolute Gasteiger partial charge is 0.438 e. The van der Waals surface area contributed by atoms with Gasteiger partial charge in [0.1, 0.15) is 0 Å². The average Bonchev–Trinajstić information content (AvgIpc) is 2.74. The van der Waals surface area contributed by atoms with Gasteiger partial charge in [-0.1, -0.05) is 0 Å². The van der Waals surface area contributed by atoms with Crippen LogP contribution in [0.15, 0.2) is 10.8 Å². The molecule has 2 rings (SSSR count). The van der Waals surface area contributed by atoms with Crippen LogP contribution in [0.1, 0.15) is 16.2 Å². The first kappa shape index (κ1) is 11.1. The summed E-state index contributed by atoms with van der Waals surface area (Å²) >= 11 is 0. The maximum atomic E-state index is 12.0. The van der Waals surface area contributed by atoms with Crippen LogP contribution in [-0.2, 0) is 4.74 Å². The number of aromatic nitrogens is 1. The second kappa shape index (κ2) is 4.63. The van der Waals surface area contributed by atoms with Crippen LogP contribution in [-0.4, -0.2) is 48.1 Å². The summed E-state index contributed by atoms with van der Waals surface area (Å²) in [5.41, 5.74) is 6.13. The Kier molecular flexibility index (Phi) is 3.21. The predicted octanol–water partition coefficient (Wildman–Crippen LogP) is -0.217. The minimum Gasteiger partial charge on any atom is -0.438 e. The second-order valence-corrected chi connectivity index (χ2v) is 3.75. The molecule has 1 unspecified atom stereocenters. The number of hydrogen-bond acceptors (Lipinski definition) is 5. The highest BCUT2D eigenvalue weighted by atomic mass is 16.5. The van der Waals surface area contributed by atoms with E-state index in [1.165, 1.54) is 6.39 Å². The van der Waals surface area contributed by atoms with Crippen molar-refractivity contribution in [3.8, 4) is 0 Å². The molecular formula is C10H15N3O3. The molecule has 1 aromatic rings. The van der Waals surface area contributed by atoms with Gasteiger partial charge in [0.25, 0.3) is 5.91 Å². The van der Waals surface area contributed by atoms with E-state index in [1.54, 1.807) is 11.8 Å². The predicted molar refractivity (Wildman–Crippen MR) is 55.9 cm³/mol. The maximum absolute atomic E-state index is 12.0. The minimum absolute atomic E-state index is 0.0825. The van der Waals surface area contributed by atoms with E-state index in [0.29, 0.717) is 37.7 Å². The molecule has 1 aliphatic rings.